The SMILES string of the molecule is C/C=C(O)\C=C/CC1=CN=C(NC(=O)c2ccccc2)C(c2ccc(O)cc2)N1. The molecule has 4 N–H and O–H groups in total. The Morgan fingerprint density at radius 3 is 2.59 bits per heavy atom. The second kappa shape index (κ2) is 9.41. The number of nitrogens with one attached hydrogen (secondary N) is 2. The molecule has 0 aliphatic carbocycles. The van der Waals surface area contributed by atoms with Gasteiger partial charge in [-0.1, -0.05) is 36.4 Å². The third-order valence-corrected chi connectivity index (χ3v) is 4.39. The molecule has 0 bridgehead atoms. The molecule has 0 fully saturated rings. The smallest absolute Gasteiger partial charge is 0.256 e. The monoisotopic (exact) mass is 389 g/mol. The molecule has 6 heteroatoms. The van der Waals surface area contributed by atoms with Gasteiger partial charge < -0.3 is 20.8 Å². The van der Waals surface area contributed by atoms with Gasteiger partial charge in [-0.2, -0.15) is 0 Å². The van der Waals surface area contributed by atoms with Gasteiger partial charge in [-0.25, -0.2) is 4.99 Å². The number of hydrogen-bond donors (Lipinski definition) is 4. The predicted molar refractivity (Wildman–Crippen MR) is 114 cm³/mol. The van der Waals surface area contributed by atoms with Crippen LogP contribution in [0.25, 0.3) is 0 Å². The molecule has 29 heavy (non-hydrogen) atoms. The van der Waals surface area contributed by atoms with Gasteiger partial charge in [-0.05, 0) is 48.9 Å². The quantitative estimate of drug-likeness (QED) is 0.457. The van der Waals surface area contributed by atoms with Crippen LogP contribution in [0, 0.1) is 0 Å². The first-order valence-corrected chi connectivity index (χ1v) is 9.27. The molecule has 2 aromatic rings. The van der Waals surface area contributed by atoms with E-state index in [0.29, 0.717) is 17.8 Å². The molecular weight excluding hydrogens is 366 g/mol. The molecule has 0 radical (unpaired) electrons. The summed E-state index contributed by atoms with van der Waals surface area (Å²) < 4.78 is 0. The molecule has 6 nitrogen and oxygen atoms in total. The number of amidine groups is 1. The van der Waals surface area contributed by atoms with Crippen molar-refractivity contribution in [3.8, 4) is 5.75 Å². The third-order valence-electron chi connectivity index (χ3n) is 4.39. The number of carbonyl (C=O) groups excluding carboxylic acids is 1. The van der Waals surface area contributed by atoms with Crippen LogP contribution in [-0.4, -0.2) is 22.0 Å². The molecule has 1 unspecified atom stereocenters. The van der Waals surface area contributed by atoms with Crippen LogP contribution in [0.15, 0.2) is 95.5 Å². The van der Waals surface area contributed by atoms with E-state index in [4.69, 9.17) is 0 Å². The fourth-order valence-corrected chi connectivity index (χ4v) is 2.82. The normalized spacial score (nSPS) is 16.7. The highest BCUT2D eigenvalue weighted by Crippen LogP contribution is 2.23. The van der Waals surface area contributed by atoms with E-state index in [1.165, 1.54) is 0 Å². The molecule has 1 heterocycles. The Kier molecular flexibility index (Phi) is 6.47. The number of aliphatic imine (C=N–C) groups is 1. The highest BCUT2D eigenvalue weighted by Gasteiger charge is 2.24. The summed E-state index contributed by atoms with van der Waals surface area (Å²) in [5.41, 5.74) is 2.22. The van der Waals surface area contributed by atoms with Crippen molar-refractivity contribution in [2.24, 2.45) is 4.99 Å². The molecule has 148 valence electrons. The first-order chi connectivity index (χ1) is 14.1. The molecule has 1 amide bonds. The van der Waals surface area contributed by atoms with E-state index in [0.717, 1.165) is 11.3 Å². The van der Waals surface area contributed by atoms with Crippen LogP contribution >= 0.6 is 0 Å². The maximum Gasteiger partial charge on any atom is 0.256 e. The van der Waals surface area contributed by atoms with E-state index in [-0.39, 0.29) is 23.5 Å². The van der Waals surface area contributed by atoms with Gasteiger partial charge in [-0.15, -0.1) is 0 Å². The number of rotatable bonds is 5. The fraction of sp³-hybridized carbons (Fsp3) is 0.130. The summed E-state index contributed by atoms with van der Waals surface area (Å²) in [6.07, 6.45) is 7.25. The van der Waals surface area contributed by atoms with Gasteiger partial charge in [0.25, 0.3) is 5.91 Å². The van der Waals surface area contributed by atoms with E-state index in [1.807, 2.05) is 12.1 Å². The molecule has 1 aliphatic rings. The lowest BCUT2D eigenvalue weighted by Crippen LogP contribution is -2.42. The van der Waals surface area contributed by atoms with Crippen molar-refractivity contribution >= 4 is 11.7 Å². The van der Waals surface area contributed by atoms with Crippen LogP contribution in [0.5, 0.6) is 5.75 Å². The molecule has 0 saturated carbocycles. The largest absolute Gasteiger partial charge is 0.508 e. The number of allylic oxidation sites excluding steroid dienone is 3. The second-order valence-corrected chi connectivity index (χ2v) is 6.48. The van der Waals surface area contributed by atoms with Gasteiger partial charge in [-0.3, -0.25) is 4.79 Å². The van der Waals surface area contributed by atoms with Crippen molar-refractivity contribution < 1.29 is 15.0 Å². The van der Waals surface area contributed by atoms with E-state index in [9.17, 15) is 15.0 Å². The molecule has 0 spiro atoms. The van der Waals surface area contributed by atoms with E-state index >= 15 is 0 Å². The number of carbonyl (C=O) groups is 1. The van der Waals surface area contributed by atoms with Gasteiger partial charge in [0.2, 0.25) is 0 Å². The topological polar surface area (TPSA) is 94.0 Å². The summed E-state index contributed by atoms with van der Waals surface area (Å²) in [7, 11) is 0. The maximum absolute atomic E-state index is 12.6. The van der Waals surface area contributed by atoms with Crippen molar-refractivity contribution in [1.29, 1.82) is 0 Å². The van der Waals surface area contributed by atoms with Crippen LogP contribution in [0.2, 0.25) is 0 Å². The lowest BCUT2D eigenvalue weighted by molar-refractivity contribution is 0.0975. The van der Waals surface area contributed by atoms with Crippen LogP contribution in [0.1, 0.15) is 35.3 Å². The Balaban J connectivity index is 1.83. The number of aliphatic hydroxyl groups is 1. The average molecular weight is 389 g/mol. The lowest BCUT2D eigenvalue weighted by Gasteiger charge is -2.26. The third kappa shape index (κ3) is 5.35. The summed E-state index contributed by atoms with van der Waals surface area (Å²) in [6, 6.07) is 15.3. The zero-order valence-electron chi connectivity index (χ0n) is 16.0. The number of aromatic hydroxyl groups is 1. The Labute approximate surface area is 169 Å². The minimum atomic E-state index is -0.382. The van der Waals surface area contributed by atoms with Crippen molar-refractivity contribution in [2.45, 2.75) is 19.4 Å². The zero-order chi connectivity index (χ0) is 20.6. The number of phenols is 1. The predicted octanol–water partition coefficient (Wildman–Crippen LogP) is 4.11. The molecule has 0 saturated heterocycles. The minimum absolute atomic E-state index is 0.164. The van der Waals surface area contributed by atoms with E-state index in [2.05, 4.69) is 15.6 Å². The second-order valence-electron chi connectivity index (χ2n) is 6.48. The number of aliphatic hydroxyl groups excluding tert-OH is 1. The Hall–Kier alpha value is -3.80. The van der Waals surface area contributed by atoms with Crippen LogP contribution in [0.3, 0.4) is 0 Å². The molecule has 1 atom stereocenters. The highest BCUT2D eigenvalue weighted by atomic mass is 16.3. The number of benzene rings is 2. The first kappa shape index (κ1) is 19.9. The minimum Gasteiger partial charge on any atom is -0.508 e. The molecule has 3 rings (SSSR count). The van der Waals surface area contributed by atoms with Gasteiger partial charge >= 0.3 is 0 Å². The van der Waals surface area contributed by atoms with Crippen molar-refractivity contribution in [3.05, 3.63) is 102 Å². The van der Waals surface area contributed by atoms with Gasteiger partial charge in [0.05, 0.1) is 0 Å². The van der Waals surface area contributed by atoms with Crippen molar-refractivity contribution in [1.82, 2.24) is 10.6 Å². The zero-order valence-corrected chi connectivity index (χ0v) is 16.0. The number of phenolic OH excluding ortho intramolecular Hbond substituents is 1. The highest BCUT2D eigenvalue weighted by molar-refractivity contribution is 6.08. The molecule has 1 aliphatic heterocycles. The van der Waals surface area contributed by atoms with Crippen LogP contribution in [0.4, 0.5) is 0 Å². The average Bonchev–Trinajstić information content (AvgIpc) is 2.75. The summed E-state index contributed by atoms with van der Waals surface area (Å²) in [5, 5.41) is 25.4. The molecular formula is C23H23N3O3. The Morgan fingerprint density at radius 2 is 1.90 bits per heavy atom. The van der Waals surface area contributed by atoms with Gasteiger partial charge in [0.15, 0.2) is 0 Å². The number of amides is 1. The maximum atomic E-state index is 12.6. The fourth-order valence-electron chi connectivity index (χ4n) is 2.82. The Morgan fingerprint density at radius 1 is 1.17 bits per heavy atom. The summed E-state index contributed by atoms with van der Waals surface area (Å²) in [6.45, 7) is 1.75. The first-order valence-electron chi connectivity index (χ1n) is 9.27. The van der Waals surface area contributed by atoms with Gasteiger partial charge in [0, 0.05) is 23.9 Å². The summed E-state index contributed by atoms with van der Waals surface area (Å²) in [4.78, 5) is 17.0. The summed E-state index contributed by atoms with van der Waals surface area (Å²) >= 11 is 0. The van der Waals surface area contributed by atoms with E-state index < -0.39 is 0 Å². The number of hydrogen-bond acceptors (Lipinski definition) is 5. The molecule has 2 aromatic carbocycles. The lowest BCUT2D eigenvalue weighted by atomic mass is 10.0. The standard InChI is InChI=1S/C23H23N3O3/c1-2-19(27)10-6-9-18-15-24-22(26-23(29)17-7-4-3-5-8-17)21(25-18)16-11-13-20(28)14-12-16/h2-8,10-15,21,25,27-28H,9H2,1H3,(H,24,26,29)/b10-6-,19-2+. The van der Waals surface area contributed by atoms with Crippen molar-refractivity contribution in [3.63, 3.8) is 0 Å². The molecule has 0 aromatic heterocycles. The van der Waals surface area contributed by atoms with Crippen LogP contribution in [-0.2, 0) is 0 Å². The summed E-state index contributed by atoms with van der Waals surface area (Å²) in [5.74, 6) is 0.575. The van der Waals surface area contributed by atoms with Crippen molar-refractivity contribution in [2.75, 3.05) is 0 Å². The number of nitrogens with zero attached hydrogens (tertiary/aromatic N) is 1. The van der Waals surface area contributed by atoms with Gasteiger partial charge in [0.1, 0.15) is 23.4 Å². The Bertz CT molecular complexity index is 974. The van der Waals surface area contributed by atoms with Crippen LogP contribution < -0.4 is 10.6 Å². The van der Waals surface area contributed by atoms with E-state index in [1.54, 1.807) is 73.8 Å².